The van der Waals surface area contributed by atoms with Gasteiger partial charge in [-0.1, -0.05) is 50.6 Å². The zero-order chi connectivity index (χ0) is 29.4. The number of aromatic nitrogens is 2. The number of nitrogens with zero attached hydrogens (tertiary/aromatic N) is 4. The third kappa shape index (κ3) is 7.20. The molecule has 1 aromatic heterocycles. The maximum Gasteiger partial charge on any atom is 0.484 e. The van der Waals surface area contributed by atoms with E-state index in [4.69, 9.17) is 9.15 Å². The Morgan fingerprint density at radius 1 is 0.902 bits per heavy atom. The first kappa shape index (κ1) is 29.5. The van der Waals surface area contributed by atoms with Gasteiger partial charge in [-0.15, -0.1) is 10.2 Å². The summed E-state index contributed by atoms with van der Waals surface area (Å²) >= 11 is 0. The van der Waals surface area contributed by atoms with Gasteiger partial charge in [-0.25, -0.2) is 0 Å². The van der Waals surface area contributed by atoms with Gasteiger partial charge in [-0.05, 0) is 66.9 Å². The monoisotopic (exact) mass is 555 g/mol. The minimum absolute atomic E-state index is 0.0535. The molecule has 41 heavy (non-hydrogen) atoms. The molecule has 0 aliphatic carbocycles. The molecule has 0 saturated heterocycles. The molecule has 8 heteroatoms. The van der Waals surface area contributed by atoms with Crippen molar-refractivity contribution in [2.45, 2.75) is 39.7 Å². The Balaban J connectivity index is 1.48. The zero-order valence-electron chi connectivity index (χ0n) is 24.4. The van der Waals surface area contributed by atoms with E-state index in [-0.39, 0.29) is 24.3 Å². The van der Waals surface area contributed by atoms with Gasteiger partial charge in [0.05, 0.1) is 6.04 Å². The average molecular weight is 556 g/mol. The summed E-state index contributed by atoms with van der Waals surface area (Å²) in [5.74, 6) is 1.20. The van der Waals surface area contributed by atoms with Gasteiger partial charge in [0, 0.05) is 43.0 Å². The highest BCUT2D eigenvalue weighted by Gasteiger charge is 2.24. The van der Waals surface area contributed by atoms with Crippen molar-refractivity contribution in [2.75, 3.05) is 32.1 Å². The van der Waals surface area contributed by atoms with Crippen molar-refractivity contribution in [3.8, 4) is 22.9 Å². The third-order valence-electron chi connectivity index (χ3n) is 7.39. The van der Waals surface area contributed by atoms with Gasteiger partial charge in [-0.2, -0.15) is 0 Å². The van der Waals surface area contributed by atoms with E-state index in [1.807, 2.05) is 73.7 Å². The Labute approximate surface area is 242 Å². The number of benzene rings is 3. The lowest BCUT2D eigenvalue weighted by molar-refractivity contribution is 0.0796. The molecule has 1 amide bonds. The summed E-state index contributed by atoms with van der Waals surface area (Å²) in [7, 11) is 3.81. The molecule has 0 aliphatic rings. The molecule has 1 N–H and O–H groups in total. The molecule has 0 saturated carbocycles. The van der Waals surface area contributed by atoms with Crippen LogP contribution in [0.15, 0.2) is 83.3 Å². The van der Waals surface area contributed by atoms with Crippen molar-refractivity contribution < 1.29 is 18.7 Å². The second-order valence-corrected chi connectivity index (χ2v) is 10.2. The smallest absolute Gasteiger partial charge is 0.416 e. The first-order valence-corrected chi connectivity index (χ1v) is 14.1. The van der Waals surface area contributed by atoms with E-state index in [1.165, 1.54) is 5.56 Å². The van der Waals surface area contributed by atoms with Crippen LogP contribution in [-0.2, 0) is 4.74 Å². The molecule has 1 unspecified atom stereocenters. The van der Waals surface area contributed by atoms with Gasteiger partial charge in [-0.3, -0.25) is 4.79 Å². The summed E-state index contributed by atoms with van der Waals surface area (Å²) in [6.07, 6.45) is 1.29. The number of amides is 1. The average Bonchev–Trinajstić information content (AvgIpc) is 3.51. The number of ether oxygens (including phenoxy) is 1. The van der Waals surface area contributed by atoms with Crippen molar-refractivity contribution in [1.82, 2.24) is 15.1 Å². The van der Waals surface area contributed by atoms with Gasteiger partial charge in [0.2, 0.25) is 11.8 Å². The van der Waals surface area contributed by atoms with Crippen molar-refractivity contribution in [2.24, 2.45) is 5.92 Å². The largest absolute Gasteiger partial charge is 0.484 e. The van der Waals surface area contributed by atoms with E-state index in [9.17, 15) is 9.59 Å². The molecule has 0 spiro atoms. The van der Waals surface area contributed by atoms with Crippen molar-refractivity contribution in [3.05, 3.63) is 90.0 Å². The van der Waals surface area contributed by atoms with Crippen molar-refractivity contribution in [3.63, 3.8) is 0 Å². The minimum atomic E-state index is -0.103. The van der Waals surface area contributed by atoms with Crippen molar-refractivity contribution >= 4 is 17.6 Å². The Bertz CT molecular complexity index is 1420. The van der Waals surface area contributed by atoms with Crippen molar-refractivity contribution in [1.29, 1.82) is 0 Å². The second kappa shape index (κ2) is 13.7. The van der Waals surface area contributed by atoms with Crippen LogP contribution < -0.4 is 4.90 Å². The van der Waals surface area contributed by atoms with Crippen LogP contribution in [0.2, 0.25) is 0 Å². The van der Waals surface area contributed by atoms with Gasteiger partial charge in [0.25, 0.3) is 5.91 Å². The molecule has 0 aliphatic heterocycles. The summed E-state index contributed by atoms with van der Waals surface area (Å²) in [6.45, 7) is 7.02. The molecule has 4 rings (SSSR count). The predicted molar refractivity (Wildman–Crippen MR) is 162 cm³/mol. The fourth-order valence-electron chi connectivity index (χ4n) is 4.84. The Hall–Kier alpha value is -4.46. The standard InChI is InChI=1S/C33H38N4O4/c1-6-23(3)30(24-13-15-26(16-14-24)32-35-34-31(41-32)25-11-9-8-10-12-25)37(5)28-19-17-27(18-20-28)33(39)36(4)22-21-29(38)40-7-2/h8-20,23,30H,6-7,21-22H2,1-5H3/p+1/t23?,30-/m0/s1. The normalized spacial score (nSPS) is 12.4. The van der Waals surface area contributed by atoms with Crippen LogP contribution in [0.1, 0.15) is 55.6 Å². The SMILES string of the molecule is CCOC(=[OH+])CCN(C)C(=O)c1ccc(N(C)[C@H](c2ccc(-c3nnc(-c4ccccc4)o3)cc2)C(C)CC)cc1. The van der Waals surface area contributed by atoms with Gasteiger partial charge in [0.1, 0.15) is 6.42 Å². The number of hydrogen-bond donors (Lipinski definition) is 0. The first-order chi connectivity index (χ1) is 19.8. The number of anilines is 1. The molecule has 0 radical (unpaired) electrons. The lowest BCUT2D eigenvalue weighted by Crippen LogP contribution is -2.30. The van der Waals surface area contributed by atoms with E-state index in [0.717, 1.165) is 23.2 Å². The summed E-state index contributed by atoms with van der Waals surface area (Å²) in [5, 5.41) is 8.47. The minimum Gasteiger partial charge on any atom is -0.416 e. The highest BCUT2D eigenvalue weighted by atomic mass is 16.5. The fraction of sp³-hybridized carbons (Fsp3) is 0.333. The van der Waals surface area contributed by atoms with Crippen LogP contribution in [0.5, 0.6) is 0 Å². The third-order valence-corrected chi connectivity index (χ3v) is 7.39. The second-order valence-electron chi connectivity index (χ2n) is 10.2. The molecule has 3 aromatic carbocycles. The number of rotatable bonds is 12. The van der Waals surface area contributed by atoms with Gasteiger partial charge >= 0.3 is 5.97 Å². The molecule has 0 bridgehead atoms. The first-order valence-electron chi connectivity index (χ1n) is 14.1. The number of carbonyl (C=O) groups excluding carboxylic acids is 2. The van der Waals surface area contributed by atoms with E-state index in [2.05, 4.69) is 48.1 Å². The van der Waals surface area contributed by atoms with Crippen LogP contribution in [0.25, 0.3) is 22.9 Å². The molecule has 2 atom stereocenters. The predicted octanol–water partition coefficient (Wildman–Crippen LogP) is 6.63. The quantitative estimate of drug-likeness (QED) is 0.144. The highest BCUT2D eigenvalue weighted by molar-refractivity contribution is 5.94. The van der Waals surface area contributed by atoms with E-state index in [1.54, 1.807) is 11.9 Å². The zero-order valence-corrected chi connectivity index (χ0v) is 24.4. The maximum absolute atomic E-state index is 12.9. The summed E-state index contributed by atoms with van der Waals surface area (Å²) in [4.78, 5) is 26.5. The van der Waals surface area contributed by atoms with Crippen LogP contribution in [0, 0.1) is 5.92 Å². The molecule has 8 nitrogen and oxygen atoms in total. The number of carbonyl (C=O) groups is 1. The molecule has 1 heterocycles. The molecular formula is C33H39N4O4+. The highest BCUT2D eigenvalue weighted by Crippen LogP contribution is 2.35. The van der Waals surface area contributed by atoms with E-state index < -0.39 is 0 Å². The van der Waals surface area contributed by atoms with E-state index >= 15 is 0 Å². The fourth-order valence-corrected chi connectivity index (χ4v) is 4.84. The summed E-state index contributed by atoms with van der Waals surface area (Å²) in [6, 6.07) is 25.8. The van der Waals surface area contributed by atoms with E-state index in [0.29, 0.717) is 36.4 Å². The number of esters is 1. The molecule has 4 aromatic rings. The lowest BCUT2D eigenvalue weighted by atomic mass is 9.90. The maximum atomic E-state index is 12.9. The lowest BCUT2D eigenvalue weighted by Gasteiger charge is -2.35. The Morgan fingerprint density at radius 2 is 1.51 bits per heavy atom. The van der Waals surface area contributed by atoms with Crippen LogP contribution in [-0.4, -0.2) is 59.0 Å². The summed E-state index contributed by atoms with van der Waals surface area (Å²) < 4.78 is 11.0. The van der Waals surface area contributed by atoms with Gasteiger partial charge < -0.3 is 23.7 Å². The van der Waals surface area contributed by atoms with Crippen LogP contribution >= 0.6 is 0 Å². The Morgan fingerprint density at radius 3 is 2.10 bits per heavy atom. The molecular weight excluding hydrogens is 516 g/mol. The molecule has 0 fully saturated rings. The molecule has 214 valence electrons. The Kier molecular flexibility index (Phi) is 9.90. The van der Waals surface area contributed by atoms with Gasteiger partial charge in [0.15, 0.2) is 6.61 Å². The summed E-state index contributed by atoms with van der Waals surface area (Å²) in [5.41, 5.74) is 4.55. The van der Waals surface area contributed by atoms with Crippen LogP contribution in [0.4, 0.5) is 5.69 Å². The number of hydrogen-bond acceptors (Lipinski definition) is 6. The van der Waals surface area contributed by atoms with Crippen LogP contribution in [0.3, 0.4) is 0 Å². The topological polar surface area (TPSA) is 93.1 Å².